The van der Waals surface area contributed by atoms with E-state index in [1.807, 2.05) is 19.1 Å². The van der Waals surface area contributed by atoms with Crippen LogP contribution in [0.25, 0.3) is 0 Å². The van der Waals surface area contributed by atoms with E-state index >= 15 is 0 Å². The van der Waals surface area contributed by atoms with Gasteiger partial charge < -0.3 is 0 Å². The van der Waals surface area contributed by atoms with E-state index < -0.39 is 15.8 Å². The van der Waals surface area contributed by atoms with Crippen LogP contribution in [0, 0.1) is 17.1 Å². The number of nitrogens with one attached hydrogen (secondary N) is 1. The van der Waals surface area contributed by atoms with Crippen LogP contribution in [0.1, 0.15) is 18.1 Å². The summed E-state index contributed by atoms with van der Waals surface area (Å²) in [6.45, 7) is 2.00. The van der Waals surface area contributed by atoms with Gasteiger partial charge in [-0.3, -0.25) is 4.72 Å². The Bertz CT molecular complexity index is 793. The van der Waals surface area contributed by atoms with Crippen molar-refractivity contribution in [2.24, 2.45) is 0 Å². The van der Waals surface area contributed by atoms with E-state index in [1.165, 1.54) is 0 Å². The summed E-state index contributed by atoms with van der Waals surface area (Å²) < 4.78 is 40.0. The molecule has 0 saturated carbocycles. The van der Waals surface area contributed by atoms with Gasteiger partial charge in [0.1, 0.15) is 11.9 Å². The van der Waals surface area contributed by atoms with Crippen LogP contribution >= 0.6 is 0 Å². The smallest absolute Gasteiger partial charge is 0.261 e. The van der Waals surface area contributed by atoms with Gasteiger partial charge in [0.05, 0.1) is 10.5 Å². The first-order chi connectivity index (χ1) is 9.96. The summed E-state index contributed by atoms with van der Waals surface area (Å²) in [7, 11) is -3.85. The van der Waals surface area contributed by atoms with Crippen LogP contribution in [0.15, 0.2) is 47.4 Å². The molecule has 0 heterocycles. The molecule has 1 N–H and O–H groups in total. The zero-order valence-corrected chi connectivity index (χ0v) is 12.1. The average Bonchev–Trinajstić information content (AvgIpc) is 2.48. The van der Waals surface area contributed by atoms with Gasteiger partial charge >= 0.3 is 0 Å². The number of halogens is 1. The molecule has 0 radical (unpaired) electrons. The zero-order valence-electron chi connectivity index (χ0n) is 11.3. The molecule has 0 aliphatic heterocycles. The van der Waals surface area contributed by atoms with E-state index in [-0.39, 0.29) is 10.5 Å². The monoisotopic (exact) mass is 304 g/mol. The van der Waals surface area contributed by atoms with Crippen molar-refractivity contribution in [2.45, 2.75) is 18.2 Å². The fourth-order valence-electron chi connectivity index (χ4n) is 1.78. The number of rotatable bonds is 4. The fraction of sp³-hybridized carbons (Fsp3) is 0.133. The van der Waals surface area contributed by atoms with Gasteiger partial charge in [-0.1, -0.05) is 19.1 Å². The van der Waals surface area contributed by atoms with E-state index in [4.69, 9.17) is 5.26 Å². The van der Waals surface area contributed by atoms with Crippen molar-refractivity contribution >= 4 is 15.7 Å². The maximum atomic E-state index is 13.2. The third-order valence-electron chi connectivity index (χ3n) is 2.98. The Morgan fingerprint density at radius 1 is 1.19 bits per heavy atom. The van der Waals surface area contributed by atoms with Crippen LogP contribution in [-0.4, -0.2) is 8.42 Å². The van der Waals surface area contributed by atoms with E-state index in [1.54, 1.807) is 18.2 Å². The number of sulfonamides is 1. The molecule has 2 rings (SSSR count). The number of nitriles is 1. The molecule has 2 aromatic carbocycles. The van der Waals surface area contributed by atoms with Crippen molar-refractivity contribution < 1.29 is 12.8 Å². The van der Waals surface area contributed by atoms with Crippen molar-refractivity contribution in [1.82, 2.24) is 0 Å². The van der Waals surface area contributed by atoms with Gasteiger partial charge in [0.25, 0.3) is 10.0 Å². The third kappa shape index (κ3) is 3.38. The molecular weight excluding hydrogens is 291 g/mol. The minimum absolute atomic E-state index is 0.153. The van der Waals surface area contributed by atoms with Crippen molar-refractivity contribution in [3.8, 4) is 6.07 Å². The second-order valence-corrected chi connectivity index (χ2v) is 6.09. The highest BCUT2D eigenvalue weighted by atomic mass is 32.2. The summed E-state index contributed by atoms with van der Waals surface area (Å²) in [6, 6.07) is 11.7. The highest BCUT2D eigenvalue weighted by Crippen LogP contribution is 2.19. The average molecular weight is 304 g/mol. The standard InChI is InChI=1S/C15H13FN2O2S/c1-2-11-3-5-13(6-4-11)18-21(19,20)14-7-8-15(16)12(9-14)10-17/h3-9,18H,2H2,1H3. The Hall–Kier alpha value is -2.39. The largest absolute Gasteiger partial charge is 0.280 e. The lowest BCUT2D eigenvalue weighted by Crippen LogP contribution is -2.13. The van der Waals surface area contributed by atoms with Crippen LogP contribution in [0.2, 0.25) is 0 Å². The van der Waals surface area contributed by atoms with Crippen LogP contribution in [-0.2, 0) is 16.4 Å². The lowest BCUT2D eigenvalue weighted by molar-refractivity contribution is 0.599. The lowest BCUT2D eigenvalue weighted by atomic mass is 10.2. The molecule has 21 heavy (non-hydrogen) atoms. The summed E-state index contributed by atoms with van der Waals surface area (Å²) in [4.78, 5) is -0.153. The normalized spacial score (nSPS) is 10.9. The Morgan fingerprint density at radius 3 is 2.43 bits per heavy atom. The van der Waals surface area contributed by atoms with Crippen LogP contribution in [0.5, 0.6) is 0 Å². The minimum Gasteiger partial charge on any atom is -0.280 e. The number of nitrogens with zero attached hydrogens (tertiary/aromatic N) is 1. The van der Waals surface area contributed by atoms with Crippen molar-refractivity contribution in [1.29, 1.82) is 5.26 Å². The Balaban J connectivity index is 2.31. The van der Waals surface area contributed by atoms with Crippen molar-refractivity contribution in [3.63, 3.8) is 0 Å². The number of anilines is 1. The third-order valence-corrected chi connectivity index (χ3v) is 4.36. The molecule has 0 aromatic heterocycles. The van der Waals surface area contributed by atoms with E-state index in [0.29, 0.717) is 5.69 Å². The predicted octanol–water partition coefficient (Wildman–Crippen LogP) is 3.06. The summed E-state index contributed by atoms with van der Waals surface area (Å²) in [5.41, 5.74) is 1.20. The maximum absolute atomic E-state index is 13.2. The van der Waals surface area contributed by atoms with E-state index in [2.05, 4.69) is 4.72 Å². The molecule has 4 nitrogen and oxygen atoms in total. The highest BCUT2D eigenvalue weighted by molar-refractivity contribution is 7.92. The summed E-state index contributed by atoms with van der Waals surface area (Å²) in [5, 5.41) is 8.75. The second-order valence-electron chi connectivity index (χ2n) is 4.41. The van der Waals surface area contributed by atoms with Gasteiger partial charge in [-0.05, 0) is 42.3 Å². The molecule has 0 bridgehead atoms. The molecule has 0 aliphatic carbocycles. The van der Waals surface area contributed by atoms with Crippen LogP contribution < -0.4 is 4.72 Å². The molecule has 2 aromatic rings. The van der Waals surface area contributed by atoms with Crippen LogP contribution in [0.4, 0.5) is 10.1 Å². The molecule has 0 fully saturated rings. The molecule has 108 valence electrons. The Kier molecular flexibility index (Phi) is 4.24. The maximum Gasteiger partial charge on any atom is 0.261 e. The summed E-state index contributed by atoms with van der Waals surface area (Å²) in [6.07, 6.45) is 0.858. The van der Waals surface area contributed by atoms with Gasteiger partial charge in [-0.15, -0.1) is 0 Å². The van der Waals surface area contributed by atoms with Gasteiger partial charge in [0.15, 0.2) is 0 Å². The SMILES string of the molecule is CCc1ccc(NS(=O)(=O)c2ccc(F)c(C#N)c2)cc1. The molecule has 0 atom stereocenters. The van der Waals surface area contributed by atoms with Gasteiger partial charge in [0, 0.05) is 5.69 Å². The quantitative estimate of drug-likeness (QED) is 0.943. The van der Waals surface area contributed by atoms with Gasteiger partial charge in [-0.25, -0.2) is 12.8 Å². The number of hydrogen-bond donors (Lipinski definition) is 1. The molecule has 6 heteroatoms. The Morgan fingerprint density at radius 2 is 1.86 bits per heavy atom. The summed E-state index contributed by atoms with van der Waals surface area (Å²) in [5.74, 6) is -0.747. The number of benzene rings is 2. The molecule has 0 unspecified atom stereocenters. The first kappa shape index (κ1) is 15.0. The first-order valence-corrected chi connectivity index (χ1v) is 7.76. The zero-order chi connectivity index (χ0) is 15.5. The molecule has 0 aliphatic rings. The highest BCUT2D eigenvalue weighted by Gasteiger charge is 2.16. The number of hydrogen-bond acceptors (Lipinski definition) is 3. The van der Waals surface area contributed by atoms with Crippen LogP contribution in [0.3, 0.4) is 0 Å². The second kappa shape index (κ2) is 5.94. The van der Waals surface area contributed by atoms with Gasteiger partial charge in [0.2, 0.25) is 0 Å². The molecule has 0 spiro atoms. The first-order valence-electron chi connectivity index (χ1n) is 6.27. The predicted molar refractivity (Wildman–Crippen MR) is 77.7 cm³/mol. The minimum atomic E-state index is -3.85. The van der Waals surface area contributed by atoms with Crippen molar-refractivity contribution in [3.05, 3.63) is 59.4 Å². The molecular formula is C15H13FN2O2S. The Labute approximate surface area is 122 Å². The van der Waals surface area contributed by atoms with E-state index in [0.717, 1.165) is 30.2 Å². The van der Waals surface area contributed by atoms with E-state index in [9.17, 15) is 12.8 Å². The molecule has 0 saturated heterocycles. The summed E-state index contributed by atoms with van der Waals surface area (Å²) >= 11 is 0. The number of aryl methyl sites for hydroxylation is 1. The van der Waals surface area contributed by atoms with Gasteiger partial charge in [-0.2, -0.15) is 5.26 Å². The fourth-order valence-corrected chi connectivity index (χ4v) is 2.86. The van der Waals surface area contributed by atoms with Crippen molar-refractivity contribution in [2.75, 3.05) is 4.72 Å². The lowest BCUT2D eigenvalue weighted by Gasteiger charge is -2.09. The molecule has 0 amide bonds. The topological polar surface area (TPSA) is 70.0 Å².